The molecule has 1 heterocycles. The Morgan fingerprint density at radius 3 is 2.29 bits per heavy atom. The van der Waals surface area contributed by atoms with E-state index in [1.807, 2.05) is 0 Å². The quantitative estimate of drug-likeness (QED) is 0.620. The third-order valence-corrected chi connectivity index (χ3v) is 2.83. The highest BCUT2D eigenvalue weighted by molar-refractivity contribution is 5.81. The summed E-state index contributed by atoms with van der Waals surface area (Å²) in [5.74, 6) is 0.0329. The van der Waals surface area contributed by atoms with Crippen LogP contribution in [0.2, 0.25) is 0 Å². The number of hydrogen-bond acceptors (Lipinski definition) is 2. The number of rotatable bonds is 0. The zero-order chi connectivity index (χ0) is 10.2. The molecule has 1 aliphatic heterocycles. The van der Waals surface area contributed by atoms with Crippen molar-refractivity contribution in [1.82, 2.24) is 5.32 Å². The van der Waals surface area contributed by atoms with E-state index in [9.17, 15) is 4.79 Å². The van der Waals surface area contributed by atoms with E-state index in [1.54, 1.807) is 0 Å². The number of carbonyl (C=O) groups excluding carboxylic acids is 1. The zero-order valence-electron chi connectivity index (χ0n) is 8.93. The minimum Gasteiger partial charge on any atom is -0.355 e. The third kappa shape index (κ3) is 4.61. The largest absolute Gasteiger partial charge is 0.355 e. The summed E-state index contributed by atoms with van der Waals surface area (Å²) in [5.41, 5.74) is 5.75. The molecule has 3 N–H and O–H groups in total. The number of carbonyl (C=O) groups is 1. The number of nitrogens with one attached hydrogen (secondary N) is 1. The van der Waals surface area contributed by atoms with Crippen molar-refractivity contribution in [3.8, 4) is 0 Å². The summed E-state index contributed by atoms with van der Waals surface area (Å²) >= 11 is 0. The highest BCUT2D eigenvalue weighted by Gasteiger charge is 2.12. The third-order valence-electron chi connectivity index (χ3n) is 2.83. The number of amides is 1. The smallest absolute Gasteiger partial charge is 0.236 e. The summed E-state index contributed by atoms with van der Waals surface area (Å²) in [7, 11) is 0. The molecule has 1 unspecified atom stereocenters. The molecule has 1 atom stereocenters. The van der Waals surface area contributed by atoms with Crippen molar-refractivity contribution in [3.05, 3.63) is 0 Å². The van der Waals surface area contributed by atoms with Gasteiger partial charge in [-0.25, -0.2) is 0 Å². The molecule has 0 spiro atoms. The van der Waals surface area contributed by atoms with E-state index in [4.69, 9.17) is 5.73 Å². The van der Waals surface area contributed by atoms with Crippen LogP contribution >= 0.6 is 0 Å². The summed E-state index contributed by atoms with van der Waals surface area (Å²) in [5, 5.41) is 2.89. The first-order valence-corrected chi connectivity index (χ1v) is 5.84. The van der Waals surface area contributed by atoms with Gasteiger partial charge in [0, 0.05) is 6.54 Å². The Morgan fingerprint density at radius 1 is 1.00 bits per heavy atom. The molecule has 1 rings (SSSR count). The minimum atomic E-state index is -0.283. The van der Waals surface area contributed by atoms with Crippen molar-refractivity contribution in [1.29, 1.82) is 0 Å². The summed E-state index contributed by atoms with van der Waals surface area (Å²) in [6.45, 7) is 0.798. The van der Waals surface area contributed by atoms with Gasteiger partial charge in [0.1, 0.15) is 0 Å². The zero-order valence-corrected chi connectivity index (χ0v) is 8.93. The molecule has 0 aromatic rings. The van der Waals surface area contributed by atoms with Crippen LogP contribution in [0.1, 0.15) is 51.4 Å². The summed E-state index contributed by atoms with van der Waals surface area (Å²) < 4.78 is 0. The van der Waals surface area contributed by atoms with Gasteiger partial charge in [0.15, 0.2) is 0 Å². The van der Waals surface area contributed by atoms with E-state index < -0.39 is 0 Å². The average Bonchev–Trinajstić information content (AvgIpc) is 2.18. The Bertz CT molecular complexity index is 171. The lowest BCUT2D eigenvalue weighted by Crippen LogP contribution is -2.40. The van der Waals surface area contributed by atoms with Crippen LogP contribution in [-0.2, 0) is 4.79 Å². The van der Waals surface area contributed by atoms with Gasteiger partial charge in [0.25, 0.3) is 0 Å². The predicted octanol–water partition coefficient (Wildman–Crippen LogP) is 1.56. The van der Waals surface area contributed by atoms with Crippen molar-refractivity contribution < 1.29 is 4.79 Å². The molecular formula is C11H22N2O. The SMILES string of the molecule is NC1CCCCCCCCCNC1=O. The number of nitrogens with two attached hydrogens (primary N) is 1. The standard InChI is InChI=1S/C11H22N2O/c12-10-8-6-4-2-1-3-5-7-9-13-11(10)14/h10H,1-9,12H2,(H,13,14). The molecule has 0 aromatic heterocycles. The summed E-state index contributed by atoms with van der Waals surface area (Å²) in [4.78, 5) is 11.4. The van der Waals surface area contributed by atoms with Crippen LogP contribution in [0.15, 0.2) is 0 Å². The van der Waals surface area contributed by atoms with Crippen LogP contribution in [0.25, 0.3) is 0 Å². The van der Waals surface area contributed by atoms with Gasteiger partial charge in [-0.2, -0.15) is 0 Å². The molecule has 3 heteroatoms. The first-order chi connectivity index (χ1) is 6.80. The Balaban J connectivity index is 2.27. The van der Waals surface area contributed by atoms with E-state index in [2.05, 4.69) is 5.32 Å². The molecule has 0 aromatic carbocycles. The van der Waals surface area contributed by atoms with Gasteiger partial charge < -0.3 is 11.1 Å². The molecule has 14 heavy (non-hydrogen) atoms. The molecule has 0 saturated carbocycles. The molecule has 0 bridgehead atoms. The fraction of sp³-hybridized carbons (Fsp3) is 0.909. The second-order valence-electron chi connectivity index (χ2n) is 4.16. The van der Waals surface area contributed by atoms with E-state index in [0.29, 0.717) is 0 Å². The van der Waals surface area contributed by atoms with Gasteiger partial charge in [-0.3, -0.25) is 4.79 Å². The molecule has 0 aliphatic carbocycles. The molecule has 0 radical (unpaired) electrons. The van der Waals surface area contributed by atoms with Crippen molar-refractivity contribution in [2.45, 2.75) is 57.4 Å². The Kier molecular flexibility index (Phi) is 5.60. The molecule has 1 saturated heterocycles. The van der Waals surface area contributed by atoms with E-state index >= 15 is 0 Å². The van der Waals surface area contributed by atoms with Crippen molar-refractivity contribution >= 4 is 5.91 Å². The van der Waals surface area contributed by atoms with Crippen molar-refractivity contribution in [2.24, 2.45) is 5.73 Å². The fourth-order valence-corrected chi connectivity index (χ4v) is 1.85. The minimum absolute atomic E-state index is 0.0329. The van der Waals surface area contributed by atoms with Gasteiger partial charge in [0.05, 0.1) is 6.04 Å². The Hall–Kier alpha value is -0.570. The average molecular weight is 198 g/mol. The molecule has 82 valence electrons. The second kappa shape index (κ2) is 6.82. The van der Waals surface area contributed by atoms with Gasteiger partial charge in [-0.05, 0) is 12.8 Å². The molecule has 1 aliphatic rings. The lowest BCUT2D eigenvalue weighted by molar-refractivity contribution is -0.122. The van der Waals surface area contributed by atoms with E-state index in [1.165, 1.54) is 32.1 Å². The molecular weight excluding hydrogens is 176 g/mol. The van der Waals surface area contributed by atoms with Crippen LogP contribution in [0, 0.1) is 0 Å². The van der Waals surface area contributed by atoms with Gasteiger partial charge >= 0.3 is 0 Å². The monoisotopic (exact) mass is 198 g/mol. The van der Waals surface area contributed by atoms with Crippen LogP contribution in [-0.4, -0.2) is 18.5 Å². The molecule has 3 nitrogen and oxygen atoms in total. The maximum atomic E-state index is 11.4. The lowest BCUT2D eigenvalue weighted by atomic mass is 10.0. The van der Waals surface area contributed by atoms with E-state index in [0.717, 1.165) is 25.8 Å². The highest BCUT2D eigenvalue weighted by Crippen LogP contribution is 2.10. The first-order valence-electron chi connectivity index (χ1n) is 5.84. The van der Waals surface area contributed by atoms with Gasteiger partial charge in [0.2, 0.25) is 5.91 Å². The fourth-order valence-electron chi connectivity index (χ4n) is 1.85. The van der Waals surface area contributed by atoms with Crippen molar-refractivity contribution in [2.75, 3.05) is 6.54 Å². The highest BCUT2D eigenvalue weighted by atomic mass is 16.2. The van der Waals surface area contributed by atoms with E-state index in [-0.39, 0.29) is 11.9 Å². The molecule has 1 fully saturated rings. The maximum absolute atomic E-state index is 11.4. The summed E-state index contributed by atoms with van der Waals surface area (Å²) in [6, 6.07) is -0.283. The normalized spacial score (nSPS) is 27.2. The Labute approximate surface area is 86.4 Å². The van der Waals surface area contributed by atoms with Crippen LogP contribution in [0.4, 0.5) is 0 Å². The summed E-state index contributed by atoms with van der Waals surface area (Å²) in [6.07, 6.45) is 9.43. The van der Waals surface area contributed by atoms with Crippen LogP contribution in [0.5, 0.6) is 0 Å². The molecule has 1 amide bonds. The van der Waals surface area contributed by atoms with Crippen LogP contribution < -0.4 is 11.1 Å². The Morgan fingerprint density at radius 2 is 1.57 bits per heavy atom. The van der Waals surface area contributed by atoms with Gasteiger partial charge in [-0.15, -0.1) is 0 Å². The number of hydrogen-bond donors (Lipinski definition) is 2. The second-order valence-corrected chi connectivity index (χ2v) is 4.16. The maximum Gasteiger partial charge on any atom is 0.236 e. The topological polar surface area (TPSA) is 55.1 Å². The first kappa shape index (κ1) is 11.5. The van der Waals surface area contributed by atoms with Gasteiger partial charge in [-0.1, -0.05) is 38.5 Å². The van der Waals surface area contributed by atoms with Crippen LogP contribution in [0.3, 0.4) is 0 Å². The predicted molar refractivity (Wildman–Crippen MR) is 57.9 cm³/mol. The lowest BCUT2D eigenvalue weighted by Gasteiger charge is -2.13. The van der Waals surface area contributed by atoms with Crippen molar-refractivity contribution in [3.63, 3.8) is 0 Å².